The van der Waals surface area contributed by atoms with Crippen LogP contribution in [0, 0.1) is 11.8 Å². The molecule has 0 aliphatic carbocycles. The monoisotopic (exact) mass is 257 g/mol. The van der Waals surface area contributed by atoms with E-state index in [1.165, 1.54) is 44.2 Å². The minimum absolute atomic E-state index is 0.819. The number of hydrogen-bond donors (Lipinski definition) is 0. The first-order chi connectivity index (χ1) is 9.34. The summed E-state index contributed by atoms with van der Waals surface area (Å²) < 4.78 is 0. The number of rotatable bonds is 8. The van der Waals surface area contributed by atoms with Crippen LogP contribution in [-0.4, -0.2) is 13.6 Å². The predicted octanol–water partition coefficient (Wildman–Crippen LogP) is 4.88. The van der Waals surface area contributed by atoms with Gasteiger partial charge in [-0.05, 0) is 18.6 Å². The fourth-order valence-corrected chi connectivity index (χ4v) is 2.03. The molecule has 0 N–H and O–H groups in total. The average Bonchev–Trinajstić information content (AvgIpc) is 2.46. The molecule has 104 valence electrons. The zero-order chi connectivity index (χ0) is 13.8. The molecule has 0 spiro atoms. The van der Waals surface area contributed by atoms with E-state index in [1.807, 2.05) is 6.07 Å². The second kappa shape index (κ2) is 10.5. The summed E-state index contributed by atoms with van der Waals surface area (Å²) in [5, 5.41) is 0. The minimum Gasteiger partial charge on any atom is -0.363 e. The average molecular weight is 257 g/mol. The molecule has 0 atom stereocenters. The van der Waals surface area contributed by atoms with E-state index in [0.717, 1.165) is 13.0 Å². The van der Waals surface area contributed by atoms with Crippen molar-refractivity contribution in [2.75, 3.05) is 18.5 Å². The van der Waals surface area contributed by atoms with E-state index in [9.17, 15) is 0 Å². The highest BCUT2D eigenvalue weighted by molar-refractivity contribution is 5.46. The summed E-state index contributed by atoms with van der Waals surface area (Å²) in [5.41, 5.74) is 1.23. The second-order valence-electron chi connectivity index (χ2n) is 5.06. The van der Waals surface area contributed by atoms with E-state index in [0.29, 0.717) is 0 Å². The van der Waals surface area contributed by atoms with Crippen molar-refractivity contribution in [1.82, 2.24) is 0 Å². The molecule has 19 heavy (non-hydrogen) atoms. The molecular formula is C18H27N. The Labute approximate surface area is 119 Å². The van der Waals surface area contributed by atoms with Crippen molar-refractivity contribution < 1.29 is 0 Å². The molecule has 0 saturated carbocycles. The molecule has 0 aromatic heterocycles. The van der Waals surface area contributed by atoms with Gasteiger partial charge in [0.1, 0.15) is 0 Å². The maximum atomic E-state index is 3.29. The molecular weight excluding hydrogens is 230 g/mol. The van der Waals surface area contributed by atoms with Gasteiger partial charge in [0, 0.05) is 19.2 Å². The summed E-state index contributed by atoms with van der Waals surface area (Å²) in [7, 11) is 2.09. The zero-order valence-electron chi connectivity index (χ0n) is 12.5. The highest BCUT2D eigenvalue weighted by atomic mass is 15.1. The predicted molar refractivity (Wildman–Crippen MR) is 85.5 cm³/mol. The third kappa shape index (κ3) is 7.57. The van der Waals surface area contributed by atoms with Crippen molar-refractivity contribution in [2.24, 2.45) is 0 Å². The van der Waals surface area contributed by atoms with Gasteiger partial charge in [-0.2, -0.15) is 0 Å². The Hall–Kier alpha value is -1.42. The largest absolute Gasteiger partial charge is 0.363 e. The molecule has 0 bridgehead atoms. The van der Waals surface area contributed by atoms with Gasteiger partial charge in [0.15, 0.2) is 0 Å². The highest BCUT2D eigenvalue weighted by Gasteiger charge is 1.95. The molecule has 0 unspecified atom stereocenters. The molecule has 0 fully saturated rings. The van der Waals surface area contributed by atoms with Gasteiger partial charge in [-0.25, -0.2) is 0 Å². The molecule has 1 aromatic carbocycles. The van der Waals surface area contributed by atoms with Crippen molar-refractivity contribution >= 4 is 5.69 Å². The number of benzene rings is 1. The molecule has 0 radical (unpaired) electrons. The number of anilines is 1. The summed E-state index contributed by atoms with van der Waals surface area (Å²) in [5.74, 6) is 6.55. The van der Waals surface area contributed by atoms with Crippen LogP contribution in [0.4, 0.5) is 5.69 Å². The highest BCUT2D eigenvalue weighted by Crippen LogP contribution is 2.10. The van der Waals surface area contributed by atoms with Gasteiger partial charge >= 0.3 is 0 Å². The molecule has 0 aliphatic heterocycles. The Morgan fingerprint density at radius 3 is 2.32 bits per heavy atom. The van der Waals surface area contributed by atoms with Gasteiger partial charge < -0.3 is 4.90 Å². The van der Waals surface area contributed by atoms with Crippen LogP contribution in [0.1, 0.15) is 51.9 Å². The molecule has 1 rings (SSSR count). The molecule has 0 heterocycles. The minimum atomic E-state index is 0.819. The first kappa shape index (κ1) is 15.6. The molecule has 1 nitrogen and oxygen atoms in total. The number of unbranched alkanes of at least 4 members (excludes halogenated alkanes) is 6. The maximum absolute atomic E-state index is 3.29. The third-order valence-corrected chi connectivity index (χ3v) is 3.29. The number of para-hydroxylation sites is 1. The van der Waals surface area contributed by atoms with Gasteiger partial charge in [-0.15, -0.1) is 5.92 Å². The Kier molecular flexibility index (Phi) is 8.64. The lowest BCUT2D eigenvalue weighted by Gasteiger charge is -2.15. The molecule has 0 amide bonds. The summed E-state index contributed by atoms with van der Waals surface area (Å²) in [6.45, 7) is 3.08. The molecule has 0 saturated heterocycles. The van der Waals surface area contributed by atoms with E-state index in [4.69, 9.17) is 0 Å². The lowest BCUT2D eigenvalue weighted by molar-refractivity contribution is 0.614. The SMILES string of the molecule is CCCCCCCCC#CCN(C)c1ccccc1. The van der Waals surface area contributed by atoms with Crippen molar-refractivity contribution in [3.63, 3.8) is 0 Å². The maximum Gasteiger partial charge on any atom is 0.0791 e. The third-order valence-electron chi connectivity index (χ3n) is 3.29. The zero-order valence-corrected chi connectivity index (χ0v) is 12.5. The van der Waals surface area contributed by atoms with Crippen LogP contribution in [0.5, 0.6) is 0 Å². The fourth-order valence-electron chi connectivity index (χ4n) is 2.03. The van der Waals surface area contributed by atoms with E-state index < -0.39 is 0 Å². The van der Waals surface area contributed by atoms with Crippen LogP contribution in [0.15, 0.2) is 30.3 Å². The lowest BCUT2D eigenvalue weighted by atomic mass is 10.1. The molecule has 1 aromatic rings. The Bertz CT molecular complexity index is 372. The van der Waals surface area contributed by atoms with Crippen molar-refractivity contribution in [2.45, 2.75) is 51.9 Å². The van der Waals surface area contributed by atoms with Gasteiger partial charge in [-0.1, -0.05) is 63.1 Å². The topological polar surface area (TPSA) is 3.24 Å². The van der Waals surface area contributed by atoms with Gasteiger partial charge in [-0.3, -0.25) is 0 Å². The van der Waals surface area contributed by atoms with E-state index in [-0.39, 0.29) is 0 Å². The normalized spacial score (nSPS) is 9.79. The summed E-state index contributed by atoms with van der Waals surface area (Å²) in [4.78, 5) is 2.19. The summed E-state index contributed by atoms with van der Waals surface area (Å²) in [6, 6.07) is 10.4. The quantitative estimate of drug-likeness (QED) is 0.474. The van der Waals surface area contributed by atoms with Crippen LogP contribution >= 0.6 is 0 Å². The first-order valence-corrected chi connectivity index (χ1v) is 7.56. The number of hydrogen-bond acceptors (Lipinski definition) is 1. The van der Waals surface area contributed by atoms with Gasteiger partial charge in [0.05, 0.1) is 6.54 Å². The van der Waals surface area contributed by atoms with Gasteiger partial charge in [0.25, 0.3) is 0 Å². The Morgan fingerprint density at radius 1 is 0.895 bits per heavy atom. The van der Waals surface area contributed by atoms with Crippen LogP contribution < -0.4 is 4.90 Å². The van der Waals surface area contributed by atoms with Crippen LogP contribution in [0.25, 0.3) is 0 Å². The van der Waals surface area contributed by atoms with Crippen molar-refractivity contribution in [1.29, 1.82) is 0 Å². The Balaban J connectivity index is 2.08. The number of nitrogens with zero attached hydrogens (tertiary/aromatic N) is 1. The molecule has 1 heteroatoms. The van der Waals surface area contributed by atoms with Crippen LogP contribution in [-0.2, 0) is 0 Å². The molecule has 0 aliphatic rings. The Morgan fingerprint density at radius 2 is 1.58 bits per heavy atom. The van der Waals surface area contributed by atoms with Crippen LogP contribution in [0.2, 0.25) is 0 Å². The smallest absolute Gasteiger partial charge is 0.0791 e. The van der Waals surface area contributed by atoms with E-state index in [2.05, 4.69) is 55.0 Å². The standard InChI is InChI=1S/C18H27N/c1-3-4-5-6-7-8-9-10-14-17-19(2)18-15-12-11-13-16-18/h11-13,15-16H,3-9,17H2,1-2H3. The van der Waals surface area contributed by atoms with Crippen LogP contribution in [0.3, 0.4) is 0 Å². The van der Waals surface area contributed by atoms with E-state index in [1.54, 1.807) is 0 Å². The summed E-state index contributed by atoms with van der Waals surface area (Å²) in [6.07, 6.45) is 9.11. The first-order valence-electron chi connectivity index (χ1n) is 7.56. The van der Waals surface area contributed by atoms with E-state index >= 15 is 0 Å². The van der Waals surface area contributed by atoms with Gasteiger partial charge in [0.2, 0.25) is 0 Å². The summed E-state index contributed by atoms with van der Waals surface area (Å²) >= 11 is 0. The lowest BCUT2D eigenvalue weighted by Crippen LogP contribution is -2.16. The van der Waals surface area contributed by atoms with Crippen molar-refractivity contribution in [3.8, 4) is 11.8 Å². The fraction of sp³-hybridized carbons (Fsp3) is 0.556. The second-order valence-corrected chi connectivity index (χ2v) is 5.06. The van der Waals surface area contributed by atoms with Crippen molar-refractivity contribution in [3.05, 3.63) is 30.3 Å².